The maximum Gasteiger partial charge on any atom is 0.441 e. The molecular weight excluding hydrogens is 351 g/mol. The minimum absolute atomic E-state index is 0.0367. The maximum atomic E-state index is 13.8. The molecular formula is C17H16F3N3O3. The first kappa shape index (κ1) is 19.2. The molecule has 0 saturated carbocycles. The number of methoxy groups -OCH3 is 1. The van der Waals surface area contributed by atoms with Crippen LogP contribution < -0.4 is 10.6 Å². The Morgan fingerprint density at radius 2 is 1.85 bits per heavy atom. The van der Waals surface area contributed by atoms with Gasteiger partial charge in [0.25, 0.3) is 5.91 Å². The standard InChI is InChI=1S/C17H16F3N3O3/c1-11-6-5-7-12(10-11)14(24)23-16(15(25)26-2,17(18,19)20)22-13-8-3-4-9-21-13/h3-10H,1-2H3,(H,21,22)(H,23,24)/t16-/m0/s1. The van der Waals surface area contributed by atoms with Crippen molar-refractivity contribution >= 4 is 17.7 Å². The molecule has 0 spiro atoms. The van der Waals surface area contributed by atoms with Gasteiger partial charge in [-0.1, -0.05) is 23.8 Å². The molecule has 1 aromatic carbocycles. The molecule has 0 aliphatic heterocycles. The van der Waals surface area contributed by atoms with Crippen LogP contribution in [0.4, 0.5) is 19.0 Å². The lowest BCUT2D eigenvalue weighted by molar-refractivity contribution is -0.203. The summed E-state index contributed by atoms with van der Waals surface area (Å²) in [5.41, 5.74) is -2.87. The number of ether oxygens (including phenoxy) is 1. The highest BCUT2D eigenvalue weighted by Crippen LogP contribution is 2.33. The van der Waals surface area contributed by atoms with Crippen LogP contribution in [0.1, 0.15) is 15.9 Å². The Kier molecular flexibility index (Phi) is 5.49. The molecule has 2 rings (SSSR count). The van der Waals surface area contributed by atoms with Crippen molar-refractivity contribution in [2.45, 2.75) is 18.8 Å². The van der Waals surface area contributed by atoms with Crippen molar-refractivity contribution in [2.75, 3.05) is 12.4 Å². The van der Waals surface area contributed by atoms with Crippen LogP contribution in [-0.4, -0.2) is 35.8 Å². The summed E-state index contributed by atoms with van der Waals surface area (Å²) in [6.45, 7) is 1.68. The molecule has 138 valence electrons. The number of alkyl halides is 3. The number of amides is 1. The second-order valence-corrected chi connectivity index (χ2v) is 5.40. The van der Waals surface area contributed by atoms with Crippen molar-refractivity contribution in [3.05, 3.63) is 59.8 Å². The Bertz CT molecular complexity index is 797. The summed E-state index contributed by atoms with van der Waals surface area (Å²) >= 11 is 0. The van der Waals surface area contributed by atoms with E-state index in [1.807, 2.05) is 5.32 Å². The molecule has 0 unspecified atom stereocenters. The average Bonchev–Trinajstić information content (AvgIpc) is 2.60. The fraction of sp³-hybridized carbons (Fsp3) is 0.235. The van der Waals surface area contributed by atoms with Crippen molar-refractivity contribution in [1.82, 2.24) is 10.3 Å². The second kappa shape index (κ2) is 7.42. The Balaban J connectivity index is 2.48. The molecule has 26 heavy (non-hydrogen) atoms. The van der Waals surface area contributed by atoms with E-state index in [1.54, 1.807) is 18.3 Å². The maximum absolute atomic E-state index is 13.8. The van der Waals surface area contributed by atoms with Crippen molar-refractivity contribution in [2.24, 2.45) is 0 Å². The molecule has 0 aliphatic carbocycles. The topological polar surface area (TPSA) is 80.3 Å². The van der Waals surface area contributed by atoms with Gasteiger partial charge in [0, 0.05) is 11.8 Å². The fourth-order valence-corrected chi connectivity index (χ4v) is 2.20. The van der Waals surface area contributed by atoms with E-state index in [0.717, 1.165) is 7.11 Å². The van der Waals surface area contributed by atoms with Gasteiger partial charge in [-0.25, -0.2) is 9.78 Å². The number of halogens is 3. The molecule has 2 aromatic rings. The number of nitrogens with one attached hydrogen (secondary N) is 2. The first-order chi connectivity index (χ1) is 12.2. The third-order valence-corrected chi connectivity index (χ3v) is 3.48. The summed E-state index contributed by atoms with van der Waals surface area (Å²) in [6, 6.07) is 10.1. The molecule has 0 aliphatic rings. The molecule has 1 aromatic heterocycles. The van der Waals surface area contributed by atoms with Crippen LogP contribution in [0.2, 0.25) is 0 Å². The molecule has 0 radical (unpaired) electrons. The first-order valence-corrected chi connectivity index (χ1v) is 7.43. The summed E-state index contributed by atoms with van der Waals surface area (Å²) in [6.07, 6.45) is -3.97. The van der Waals surface area contributed by atoms with Gasteiger partial charge in [-0.3, -0.25) is 4.79 Å². The number of pyridine rings is 1. The number of anilines is 1. The lowest BCUT2D eigenvalue weighted by Crippen LogP contribution is -2.69. The molecule has 0 saturated heterocycles. The summed E-state index contributed by atoms with van der Waals surface area (Å²) in [4.78, 5) is 28.2. The van der Waals surface area contributed by atoms with Gasteiger partial charge in [-0.15, -0.1) is 0 Å². The van der Waals surface area contributed by atoms with Gasteiger partial charge in [0.2, 0.25) is 0 Å². The van der Waals surface area contributed by atoms with Gasteiger partial charge >= 0.3 is 17.8 Å². The lowest BCUT2D eigenvalue weighted by Gasteiger charge is -2.34. The minimum atomic E-state index is -5.21. The van der Waals surface area contributed by atoms with E-state index >= 15 is 0 Å². The molecule has 1 heterocycles. The number of benzene rings is 1. The molecule has 9 heteroatoms. The van der Waals surface area contributed by atoms with E-state index in [4.69, 9.17) is 0 Å². The highest BCUT2D eigenvalue weighted by molar-refractivity contribution is 5.99. The number of aromatic nitrogens is 1. The number of nitrogens with zero attached hydrogens (tertiary/aromatic N) is 1. The highest BCUT2D eigenvalue weighted by Gasteiger charge is 2.63. The summed E-state index contributed by atoms with van der Waals surface area (Å²) < 4.78 is 45.9. The number of aryl methyl sites for hydroxylation is 1. The third kappa shape index (κ3) is 3.93. The van der Waals surface area contributed by atoms with E-state index in [9.17, 15) is 22.8 Å². The van der Waals surface area contributed by atoms with Crippen molar-refractivity contribution in [3.8, 4) is 0 Å². The van der Waals surface area contributed by atoms with Crippen LogP contribution in [0, 0.1) is 6.92 Å². The van der Waals surface area contributed by atoms with Gasteiger partial charge in [0.1, 0.15) is 5.82 Å². The number of esters is 1. The van der Waals surface area contributed by atoms with Gasteiger partial charge in [-0.2, -0.15) is 13.2 Å². The normalized spacial score (nSPS) is 13.4. The Labute approximate surface area is 147 Å². The summed E-state index contributed by atoms with van der Waals surface area (Å²) in [5.74, 6) is -3.09. The zero-order chi connectivity index (χ0) is 19.4. The second-order valence-electron chi connectivity index (χ2n) is 5.40. The summed E-state index contributed by atoms with van der Waals surface area (Å²) in [5, 5.41) is 3.68. The van der Waals surface area contributed by atoms with Gasteiger partial charge in [0.15, 0.2) is 0 Å². The third-order valence-electron chi connectivity index (χ3n) is 3.48. The SMILES string of the molecule is COC(=O)[C@@](NC(=O)c1cccc(C)c1)(Nc1ccccn1)C(F)(F)F. The number of carbonyl (C=O) groups is 2. The zero-order valence-electron chi connectivity index (χ0n) is 13.9. The average molecular weight is 367 g/mol. The number of rotatable bonds is 5. The molecule has 2 N–H and O–H groups in total. The lowest BCUT2D eigenvalue weighted by atomic mass is 10.1. The molecule has 1 atom stereocenters. The van der Waals surface area contributed by atoms with E-state index in [-0.39, 0.29) is 11.4 Å². The number of hydrogen-bond acceptors (Lipinski definition) is 5. The van der Waals surface area contributed by atoms with Gasteiger partial charge < -0.3 is 15.4 Å². The predicted octanol–water partition coefficient (Wildman–Crippen LogP) is 2.66. The quantitative estimate of drug-likeness (QED) is 0.627. The monoisotopic (exact) mass is 367 g/mol. The van der Waals surface area contributed by atoms with Crippen LogP contribution in [0.3, 0.4) is 0 Å². The smallest absolute Gasteiger partial charge is 0.441 e. The van der Waals surface area contributed by atoms with E-state index in [0.29, 0.717) is 5.56 Å². The first-order valence-electron chi connectivity index (χ1n) is 7.43. The van der Waals surface area contributed by atoms with Crippen LogP contribution in [0.15, 0.2) is 48.7 Å². The highest BCUT2D eigenvalue weighted by atomic mass is 19.4. The van der Waals surface area contributed by atoms with E-state index in [2.05, 4.69) is 9.72 Å². The molecule has 0 bridgehead atoms. The fourth-order valence-electron chi connectivity index (χ4n) is 2.20. The Morgan fingerprint density at radius 3 is 2.38 bits per heavy atom. The van der Waals surface area contributed by atoms with E-state index < -0.39 is 23.7 Å². The van der Waals surface area contributed by atoms with Crippen LogP contribution >= 0.6 is 0 Å². The van der Waals surface area contributed by atoms with E-state index in [1.165, 1.54) is 42.6 Å². The Hall–Kier alpha value is -3.10. The van der Waals surface area contributed by atoms with Crippen LogP contribution in [0.5, 0.6) is 0 Å². The van der Waals surface area contributed by atoms with Crippen LogP contribution in [0.25, 0.3) is 0 Å². The number of hydrogen-bond donors (Lipinski definition) is 2. The molecule has 0 fully saturated rings. The van der Waals surface area contributed by atoms with Gasteiger partial charge in [-0.05, 0) is 31.2 Å². The van der Waals surface area contributed by atoms with Gasteiger partial charge in [0.05, 0.1) is 7.11 Å². The van der Waals surface area contributed by atoms with Crippen LogP contribution in [-0.2, 0) is 9.53 Å². The van der Waals surface area contributed by atoms with Crippen molar-refractivity contribution in [1.29, 1.82) is 0 Å². The molecule has 6 nitrogen and oxygen atoms in total. The summed E-state index contributed by atoms with van der Waals surface area (Å²) in [7, 11) is 0.793. The predicted molar refractivity (Wildman–Crippen MR) is 87.3 cm³/mol. The molecule has 1 amide bonds. The Morgan fingerprint density at radius 1 is 1.12 bits per heavy atom. The largest absolute Gasteiger partial charge is 0.466 e. The number of carbonyl (C=O) groups excluding carboxylic acids is 2. The minimum Gasteiger partial charge on any atom is -0.466 e. The van der Waals surface area contributed by atoms with Crippen molar-refractivity contribution < 1.29 is 27.5 Å². The van der Waals surface area contributed by atoms with Crippen molar-refractivity contribution in [3.63, 3.8) is 0 Å². The zero-order valence-corrected chi connectivity index (χ0v) is 13.9.